The van der Waals surface area contributed by atoms with Gasteiger partial charge in [0.25, 0.3) is 23.4 Å². The van der Waals surface area contributed by atoms with Crippen molar-refractivity contribution in [3.63, 3.8) is 0 Å². The molecule has 5 aliphatic heterocycles. The number of fused-ring (bicyclic) bond motifs is 3. The summed E-state index contributed by atoms with van der Waals surface area (Å²) >= 11 is 0. The van der Waals surface area contributed by atoms with Crippen LogP contribution in [0.4, 0.5) is 0 Å². The van der Waals surface area contributed by atoms with Gasteiger partial charge in [-0.05, 0) is 233 Å². The molecule has 2 amide bonds. The van der Waals surface area contributed by atoms with Crippen molar-refractivity contribution in [3.05, 3.63) is 95.2 Å². The van der Waals surface area contributed by atoms with Gasteiger partial charge in [-0.15, -0.1) is 0 Å². The van der Waals surface area contributed by atoms with Gasteiger partial charge in [0, 0.05) is 76.7 Å². The molecule has 4 saturated heterocycles. The van der Waals surface area contributed by atoms with E-state index in [2.05, 4.69) is 13.0 Å². The first-order chi connectivity index (χ1) is 54.6. The third-order valence-electron chi connectivity index (χ3n) is 25.6. The molecule has 7 rings (SSSR count). The standard InChI is InChI=1S/C46H71NO11.C46H71NO10/c1-30(25-33(4)40(51)29-49)13-9-8-10-14-32(3)42(56-7)27-38-22-17-35(6)46(55,58-38)43(52)44(53)47-24-12-11-15-39(47)45(54)57-41(23-16-31(2)28-48)34(5)26-36-18-20-37(50)21-19-36;1-29-13-9-8-10-14-30(2)41(55-7)27-37-22-17-34(6)46(54,57-37)43(51)44(52)47-24-12-11-15-38(47)45(53)56-42(28-40(50)32(4)25-29)31(3)16-23-39(49)33(5)26-35-18-20-36(48)21-19-35/h8-10,13-14,16,28,30,33-39,41-42,49-50,55H,11-12,15,17-27,29H2,1-7H3;8-10,13-14,16,29,32-39,41-42,48-49,54H,11-12,15,17-28H2,1-7H3/b10-8+,13-9+,31-16+,32-14+;10-8+,13-9+,30-14?,31-16+/t30-,33-,34-,35-,36?,37?,38+,39+,41+,42+,46-;29-,32-,33-,34-,35?,36?,37+,38+,39+,41+,42+,46-/m11/s1. The predicted octanol–water partition coefficient (Wildman–Crippen LogP) is 12.9. The summed E-state index contributed by atoms with van der Waals surface area (Å²) in [5.74, 6) is -11.3. The number of Topliss-reactive ketones (excluding diaryl/α,β-unsaturated/α-hetero) is 4. The van der Waals surface area contributed by atoms with Crippen molar-refractivity contribution in [2.45, 2.75) is 335 Å². The molecule has 6 N–H and O–H groups in total. The molecule has 23 heteroatoms. The first-order valence-electron chi connectivity index (χ1n) is 43.1. The zero-order chi connectivity index (χ0) is 84.9. The maximum Gasteiger partial charge on any atom is 0.329 e. The van der Waals surface area contributed by atoms with Crippen molar-refractivity contribution in [1.29, 1.82) is 0 Å². The third kappa shape index (κ3) is 29.6. The third-order valence-corrected chi connectivity index (χ3v) is 25.6. The zero-order valence-electron chi connectivity index (χ0n) is 71.5. The largest absolute Gasteiger partial charge is 0.460 e. The Hall–Kier alpha value is -6.25. The van der Waals surface area contributed by atoms with Crippen LogP contribution < -0.4 is 0 Å². The average molecular weight is 1610 g/mol. The molecular weight excluding hydrogens is 1470 g/mol. The summed E-state index contributed by atoms with van der Waals surface area (Å²) in [5.41, 5.74) is 2.98. The summed E-state index contributed by atoms with van der Waals surface area (Å²) in [4.78, 5) is 123. The van der Waals surface area contributed by atoms with Crippen LogP contribution in [-0.2, 0) is 71.6 Å². The predicted molar refractivity (Wildman–Crippen MR) is 440 cm³/mol. The van der Waals surface area contributed by atoms with E-state index in [-0.39, 0.29) is 91.3 Å². The Morgan fingerprint density at radius 2 is 1.36 bits per heavy atom. The van der Waals surface area contributed by atoms with Gasteiger partial charge in [-0.3, -0.25) is 33.6 Å². The minimum Gasteiger partial charge on any atom is -0.460 e. The second kappa shape index (κ2) is 48.1. The maximum atomic E-state index is 14.1. The SMILES string of the molecule is CO[C@@H](C[C@@H]1CC[C@@H](C)[C@](O)(C(=O)C(=O)N2CCCC[C@H]2C(=O)O[C@@H](C/C=C(\C)C=O)[C@H](C)CC2CCC(O)CC2)O1)/C(C)=C/C=C/C=C/[C@@H](C)C[C@@H](C)C(=O)CO.CO[C@H]1C[C@@H]2CC[C@@H](C)[C@@](O)(O2)C(=O)C(=O)N2CCCC[C@H]2C(=O)O[C@H](/C(C)=C/C[C@H](O)[C@H](C)CC2CCC(O)CC2)CC(=O)[C@H](C)C[C@H](C)/C=C/C=C/C=C1C. The first kappa shape index (κ1) is 97.6. The van der Waals surface area contributed by atoms with Gasteiger partial charge in [0.15, 0.2) is 5.78 Å². The Balaban J connectivity index is 0.000000358. The van der Waals surface area contributed by atoms with Crippen LogP contribution in [0.2, 0.25) is 0 Å². The van der Waals surface area contributed by atoms with Gasteiger partial charge in [-0.2, -0.15) is 0 Å². The number of ketones is 4. The number of rotatable bonds is 28. The van der Waals surface area contributed by atoms with E-state index in [4.69, 9.17) is 33.5 Å². The van der Waals surface area contributed by atoms with E-state index in [0.29, 0.717) is 119 Å². The Morgan fingerprint density at radius 3 is 2.00 bits per heavy atom. The number of amides is 2. The van der Waals surface area contributed by atoms with E-state index in [1.165, 1.54) is 9.80 Å². The molecule has 2 aliphatic carbocycles. The number of aliphatic hydroxyl groups is 6. The highest BCUT2D eigenvalue weighted by Gasteiger charge is 2.55. The number of nitrogens with zero attached hydrogens (tertiary/aromatic N) is 2. The highest BCUT2D eigenvalue weighted by Crippen LogP contribution is 2.41. The molecule has 0 aromatic heterocycles. The summed E-state index contributed by atoms with van der Waals surface area (Å²) in [7, 11) is 3.18. The van der Waals surface area contributed by atoms with E-state index >= 15 is 0 Å². The minimum atomic E-state index is -2.38. The van der Waals surface area contributed by atoms with Crippen molar-refractivity contribution < 1.29 is 102 Å². The van der Waals surface area contributed by atoms with Crippen LogP contribution in [0.15, 0.2) is 95.2 Å². The van der Waals surface area contributed by atoms with Crippen LogP contribution in [0.1, 0.15) is 256 Å². The van der Waals surface area contributed by atoms with Gasteiger partial charge < -0.3 is 68.9 Å². The van der Waals surface area contributed by atoms with E-state index in [0.717, 1.165) is 81.6 Å². The fraction of sp³-hybridized carbons (Fsp3) is 0.728. The molecule has 0 radical (unpaired) electrons. The number of carbonyl (C=O) groups excluding carboxylic acids is 9. The second-order valence-corrected chi connectivity index (χ2v) is 35.0. The minimum absolute atomic E-state index is 0.0153. The molecule has 2 bridgehead atoms. The van der Waals surface area contributed by atoms with Crippen LogP contribution in [0.3, 0.4) is 0 Å². The number of ether oxygens (including phenoxy) is 6. The lowest BCUT2D eigenvalue weighted by Crippen LogP contribution is -2.61. The van der Waals surface area contributed by atoms with Gasteiger partial charge >= 0.3 is 11.9 Å². The van der Waals surface area contributed by atoms with Gasteiger partial charge in [-0.25, -0.2) is 9.59 Å². The number of cyclic esters (lactones) is 1. The number of aliphatic hydroxyl groups excluding tert-OH is 4. The van der Waals surface area contributed by atoms with E-state index in [1.54, 1.807) is 48.0 Å². The Morgan fingerprint density at radius 1 is 0.713 bits per heavy atom. The summed E-state index contributed by atoms with van der Waals surface area (Å²) in [5, 5.41) is 63.7. The molecular formula is C92H142N2O21. The molecule has 2 saturated carbocycles. The number of hydrogen-bond acceptors (Lipinski definition) is 21. The Kier molecular flexibility index (Phi) is 40.8. The summed E-state index contributed by atoms with van der Waals surface area (Å²) in [6.07, 6.45) is 35.1. The summed E-state index contributed by atoms with van der Waals surface area (Å²) in [6, 6.07) is -2.09. The highest BCUT2D eigenvalue weighted by molar-refractivity contribution is 6.39. The van der Waals surface area contributed by atoms with Crippen LogP contribution in [0.25, 0.3) is 0 Å². The average Bonchev–Trinajstić information content (AvgIpc) is 0.786. The molecule has 23 nitrogen and oxygen atoms in total. The van der Waals surface area contributed by atoms with Crippen molar-refractivity contribution in [1.82, 2.24) is 9.80 Å². The molecule has 0 aromatic rings. The van der Waals surface area contributed by atoms with Crippen molar-refractivity contribution >= 4 is 53.2 Å². The number of piperidine rings is 2. The van der Waals surface area contributed by atoms with Gasteiger partial charge in [0.2, 0.25) is 11.6 Å². The fourth-order valence-electron chi connectivity index (χ4n) is 17.4. The monoisotopic (exact) mass is 1610 g/mol. The van der Waals surface area contributed by atoms with E-state index < -0.39 is 114 Å². The van der Waals surface area contributed by atoms with Crippen molar-refractivity contribution in [2.75, 3.05) is 33.9 Å². The lowest BCUT2D eigenvalue weighted by molar-refractivity contribution is -0.265. The number of carbonyl (C=O) groups is 9. The van der Waals surface area contributed by atoms with Crippen LogP contribution >= 0.6 is 0 Å². The second-order valence-electron chi connectivity index (χ2n) is 35.0. The van der Waals surface area contributed by atoms with Crippen LogP contribution in [0, 0.1) is 59.2 Å². The fourth-order valence-corrected chi connectivity index (χ4v) is 17.4. The molecule has 5 heterocycles. The number of esters is 2. The van der Waals surface area contributed by atoms with Crippen LogP contribution in [-0.4, -0.2) is 206 Å². The summed E-state index contributed by atoms with van der Waals surface area (Å²) < 4.78 is 36.1. The molecule has 0 spiro atoms. The number of hydrogen-bond donors (Lipinski definition) is 6. The normalized spacial score (nSPS) is 32.9. The topological polar surface area (TPSA) is 337 Å². The molecule has 646 valence electrons. The van der Waals surface area contributed by atoms with Crippen molar-refractivity contribution in [3.8, 4) is 0 Å². The summed E-state index contributed by atoms with van der Waals surface area (Å²) in [6.45, 7) is 22.4. The Labute approximate surface area is 685 Å². The molecule has 6 fully saturated rings. The zero-order valence-corrected chi connectivity index (χ0v) is 71.5. The number of likely N-dealkylation sites (tertiary alicyclic amines) is 1. The maximum absolute atomic E-state index is 14.1. The molecule has 0 unspecified atom stereocenters. The molecule has 0 aromatic carbocycles. The van der Waals surface area contributed by atoms with Gasteiger partial charge in [0.1, 0.15) is 43.0 Å². The lowest BCUT2D eigenvalue weighted by Gasteiger charge is -2.42. The van der Waals surface area contributed by atoms with Gasteiger partial charge in [-0.1, -0.05) is 128 Å². The molecule has 19 atom stereocenters. The number of methoxy groups -OCH3 is 2. The van der Waals surface area contributed by atoms with Crippen LogP contribution in [0.5, 0.6) is 0 Å². The molecule has 7 aliphatic rings. The number of aldehydes is 1. The molecule has 115 heavy (non-hydrogen) atoms. The van der Waals surface area contributed by atoms with Crippen molar-refractivity contribution in [2.24, 2.45) is 59.2 Å². The smallest absolute Gasteiger partial charge is 0.329 e. The van der Waals surface area contributed by atoms with Gasteiger partial charge in [0.05, 0.1) is 42.7 Å². The quantitative estimate of drug-likeness (QED) is 0.0106. The Bertz CT molecular complexity index is 3430. The van der Waals surface area contributed by atoms with E-state index in [1.807, 2.05) is 109 Å². The highest BCUT2D eigenvalue weighted by atomic mass is 16.6. The first-order valence-corrected chi connectivity index (χ1v) is 43.1. The lowest BCUT2D eigenvalue weighted by atomic mass is 9.80. The number of allylic oxidation sites excluding steroid dienone is 11. The van der Waals surface area contributed by atoms with E-state index in [9.17, 15) is 68.7 Å².